The molecule has 2 N–H and O–H groups in total. The maximum Gasteiger partial charge on any atom is 0.170 e. The van der Waals surface area contributed by atoms with Crippen LogP contribution in [0.3, 0.4) is 0 Å². The SMILES string of the molecule is COc1cc(N)cc(OC)c1N=Nc1ccc(N(C)C)cc1. The number of hydrogen-bond donors (Lipinski definition) is 1. The lowest BCUT2D eigenvalue weighted by molar-refractivity contribution is 0.397. The molecule has 0 radical (unpaired) electrons. The van der Waals surface area contributed by atoms with Crippen molar-refractivity contribution in [1.29, 1.82) is 0 Å². The van der Waals surface area contributed by atoms with Crippen LogP contribution in [0.15, 0.2) is 46.6 Å². The summed E-state index contributed by atoms with van der Waals surface area (Å²) in [4.78, 5) is 2.02. The number of nitrogens with zero attached hydrogens (tertiary/aromatic N) is 3. The van der Waals surface area contributed by atoms with Crippen LogP contribution in [0.1, 0.15) is 0 Å². The topological polar surface area (TPSA) is 72.4 Å². The van der Waals surface area contributed by atoms with Gasteiger partial charge in [-0.1, -0.05) is 0 Å². The van der Waals surface area contributed by atoms with Crippen LogP contribution in [0.4, 0.5) is 22.7 Å². The van der Waals surface area contributed by atoms with Crippen molar-refractivity contribution in [2.45, 2.75) is 0 Å². The molecule has 22 heavy (non-hydrogen) atoms. The third kappa shape index (κ3) is 3.46. The first-order valence-corrected chi connectivity index (χ1v) is 6.75. The van der Waals surface area contributed by atoms with Gasteiger partial charge in [0.1, 0.15) is 0 Å². The summed E-state index contributed by atoms with van der Waals surface area (Å²) < 4.78 is 10.6. The molecule has 2 rings (SSSR count). The summed E-state index contributed by atoms with van der Waals surface area (Å²) in [6, 6.07) is 11.1. The van der Waals surface area contributed by atoms with E-state index in [2.05, 4.69) is 10.2 Å². The van der Waals surface area contributed by atoms with Gasteiger partial charge in [-0.15, -0.1) is 5.11 Å². The highest BCUT2D eigenvalue weighted by Gasteiger charge is 2.11. The fourth-order valence-electron chi connectivity index (χ4n) is 1.94. The van der Waals surface area contributed by atoms with Crippen LogP contribution >= 0.6 is 0 Å². The summed E-state index contributed by atoms with van der Waals surface area (Å²) in [6.07, 6.45) is 0. The van der Waals surface area contributed by atoms with Crippen LogP contribution in [-0.2, 0) is 0 Å². The highest BCUT2D eigenvalue weighted by Crippen LogP contribution is 2.40. The Bertz CT molecular complexity index is 641. The van der Waals surface area contributed by atoms with E-state index in [0.29, 0.717) is 22.9 Å². The van der Waals surface area contributed by atoms with Crippen LogP contribution in [0.2, 0.25) is 0 Å². The number of methoxy groups -OCH3 is 2. The maximum atomic E-state index is 5.79. The van der Waals surface area contributed by atoms with Crippen molar-refractivity contribution >= 4 is 22.7 Å². The van der Waals surface area contributed by atoms with Crippen LogP contribution in [0, 0.1) is 0 Å². The Morgan fingerprint density at radius 1 is 0.909 bits per heavy atom. The molecule has 0 unspecified atom stereocenters. The fraction of sp³-hybridized carbons (Fsp3) is 0.250. The molecule has 0 saturated heterocycles. The van der Waals surface area contributed by atoms with Crippen molar-refractivity contribution in [2.24, 2.45) is 10.2 Å². The van der Waals surface area contributed by atoms with Crippen LogP contribution in [0.5, 0.6) is 11.5 Å². The van der Waals surface area contributed by atoms with Gasteiger partial charge in [0.2, 0.25) is 0 Å². The zero-order chi connectivity index (χ0) is 16.1. The summed E-state index contributed by atoms with van der Waals surface area (Å²) in [5.41, 5.74) is 8.69. The standard InChI is InChI=1S/C16H20N4O2/c1-20(2)13-7-5-12(6-8-13)18-19-16-14(21-3)9-11(17)10-15(16)22-4/h5-10H,17H2,1-4H3. The predicted octanol–water partition coefficient (Wildman–Crippen LogP) is 3.77. The van der Waals surface area contributed by atoms with Gasteiger partial charge in [0, 0.05) is 37.6 Å². The molecule has 0 aliphatic rings. The van der Waals surface area contributed by atoms with Crippen LogP contribution in [-0.4, -0.2) is 28.3 Å². The van der Waals surface area contributed by atoms with Crippen molar-refractivity contribution in [1.82, 2.24) is 0 Å². The lowest BCUT2D eigenvalue weighted by atomic mass is 10.2. The highest BCUT2D eigenvalue weighted by molar-refractivity contribution is 5.68. The molecule has 2 aromatic rings. The number of nitrogen functional groups attached to an aromatic ring is 1. The molecular weight excluding hydrogens is 280 g/mol. The molecule has 0 fully saturated rings. The molecule has 0 aliphatic carbocycles. The summed E-state index contributed by atoms with van der Waals surface area (Å²) in [6.45, 7) is 0. The Hall–Kier alpha value is -2.76. The molecule has 0 aromatic heterocycles. The van der Waals surface area contributed by atoms with E-state index >= 15 is 0 Å². The average Bonchev–Trinajstić information content (AvgIpc) is 2.53. The molecular formula is C16H20N4O2. The van der Waals surface area contributed by atoms with E-state index < -0.39 is 0 Å². The molecule has 2 aromatic carbocycles. The summed E-state index contributed by atoms with van der Waals surface area (Å²) in [7, 11) is 7.08. The summed E-state index contributed by atoms with van der Waals surface area (Å²) in [5.74, 6) is 1.04. The van der Waals surface area contributed by atoms with Gasteiger partial charge in [-0.25, -0.2) is 0 Å². The van der Waals surface area contributed by atoms with Gasteiger partial charge in [0.25, 0.3) is 0 Å². The second-order valence-corrected chi connectivity index (χ2v) is 4.88. The number of hydrogen-bond acceptors (Lipinski definition) is 6. The lowest BCUT2D eigenvalue weighted by Crippen LogP contribution is -2.07. The number of anilines is 2. The molecule has 0 atom stereocenters. The molecule has 0 spiro atoms. The van der Waals surface area contributed by atoms with Gasteiger partial charge >= 0.3 is 0 Å². The normalized spacial score (nSPS) is 10.7. The Balaban J connectivity index is 2.33. The monoisotopic (exact) mass is 300 g/mol. The van der Waals surface area contributed by atoms with Gasteiger partial charge < -0.3 is 20.1 Å². The van der Waals surface area contributed by atoms with E-state index in [9.17, 15) is 0 Å². The minimum Gasteiger partial charge on any atom is -0.494 e. The molecule has 116 valence electrons. The molecule has 6 nitrogen and oxygen atoms in total. The highest BCUT2D eigenvalue weighted by atomic mass is 16.5. The number of benzene rings is 2. The smallest absolute Gasteiger partial charge is 0.170 e. The van der Waals surface area contributed by atoms with Crippen molar-refractivity contribution in [3.05, 3.63) is 36.4 Å². The van der Waals surface area contributed by atoms with Crippen molar-refractivity contribution in [3.63, 3.8) is 0 Å². The number of rotatable bonds is 5. The first-order valence-electron chi connectivity index (χ1n) is 6.75. The van der Waals surface area contributed by atoms with Crippen LogP contribution < -0.4 is 20.1 Å². The Kier molecular flexibility index (Phi) is 4.83. The van der Waals surface area contributed by atoms with Gasteiger partial charge in [-0.05, 0) is 24.3 Å². The Morgan fingerprint density at radius 2 is 1.45 bits per heavy atom. The fourth-order valence-corrected chi connectivity index (χ4v) is 1.94. The quantitative estimate of drug-likeness (QED) is 0.674. The zero-order valence-electron chi connectivity index (χ0n) is 13.2. The van der Waals surface area contributed by atoms with E-state index in [4.69, 9.17) is 15.2 Å². The minimum absolute atomic E-state index is 0.510. The van der Waals surface area contributed by atoms with E-state index in [1.807, 2.05) is 43.3 Å². The zero-order valence-corrected chi connectivity index (χ0v) is 13.2. The van der Waals surface area contributed by atoms with Gasteiger partial charge in [-0.3, -0.25) is 0 Å². The summed E-state index contributed by atoms with van der Waals surface area (Å²) in [5, 5.41) is 8.47. The van der Waals surface area contributed by atoms with E-state index in [0.717, 1.165) is 11.4 Å². The van der Waals surface area contributed by atoms with Crippen molar-refractivity contribution in [2.75, 3.05) is 38.9 Å². The lowest BCUT2D eigenvalue weighted by Gasteiger charge is -2.11. The second kappa shape index (κ2) is 6.80. The van der Waals surface area contributed by atoms with Crippen LogP contribution in [0.25, 0.3) is 0 Å². The third-order valence-electron chi connectivity index (χ3n) is 3.13. The predicted molar refractivity (Wildman–Crippen MR) is 88.9 cm³/mol. The van der Waals surface area contributed by atoms with E-state index in [1.54, 1.807) is 26.4 Å². The molecule has 0 saturated carbocycles. The average molecular weight is 300 g/mol. The molecule has 0 amide bonds. The van der Waals surface area contributed by atoms with Gasteiger partial charge in [0.05, 0.1) is 19.9 Å². The van der Waals surface area contributed by atoms with E-state index in [-0.39, 0.29) is 0 Å². The Morgan fingerprint density at radius 3 is 1.91 bits per heavy atom. The number of azo groups is 1. The Labute approximate surface area is 130 Å². The maximum absolute atomic E-state index is 5.79. The summed E-state index contributed by atoms with van der Waals surface area (Å²) >= 11 is 0. The number of ether oxygens (including phenoxy) is 2. The third-order valence-corrected chi connectivity index (χ3v) is 3.13. The van der Waals surface area contributed by atoms with Gasteiger partial charge in [0.15, 0.2) is 17.2 Å². The van der Waals surface area contributed by atoms with Crippen molar-refractivity contribution < 1.29 is 9.47 Å². The first-order chi connectivity index (χ1) is 10.5. The number of nitrogens with two attached hydrogens (primary N) is 1. The molecule has 0 aliphatic heterocycles. The second-order valence-electron chi connectivity index (χ2n) is 4.88. The van der Waals surface area contributed by atoms with Crippen molar-refractivity contribution in [3.8, 4) is 11.5 Å². The van der Waals surface area contributed by atoms with Gasteiger partial charge in [-0.2, -0.15) is 5.11 Å². The van der Waals surface area contributed by atoms with E-state index in [1.165, 1.54) is 0 Å². The molecule has 6 heteroatoms. The minimum atomic E-state index is 0.510. The molecule has 0 heterocycles. The first kappa shape index (κ1) is 15.6. The largest absolute Gasteiger partial charge is 0.494 e. The molecule has 0 bridgehead atoms.